The fraction of sp³-hybridized carbons (Fsp3) is 0.0952. The molecule has 1 aliphatic heterocycles. The van der Waals surface area contributed by atoms with Crippen LogP contribution < -0.4 is 0 Å². The van der Waals surface area contributed by atoms with Gasteiger partial charge in [-0.05, 0) is 41.5 Å². The summed E-state index contributed by atoms with van der Waals surface area (Å²) in [7, 11) is 0. The van der Waals surface area contributed by atoms with Gasteiger partial charge in [-0.1, -0.05) is 29.8 Å². The van der Waals surface area contributed by atoms with Crippen molar-refractivity contribution in [1.82, 2.24) is 9.88 Å². The van der Waals surface area contributed by atoms with Crippen molar-refractivity contribution in [2.24, 2.45) is 0 Å². The van der Waals surface area contributed by atoms with Crippen molar-refractivity contribution in [1.29, 1.82) is 0 Å². The smallest absolute Gasteiger partial charge is 0.268 e. The molecule has 3 heterocycles. The molecule has 0 fully saturated rings. The predicted octanol–water partition coefficient (Wildman–Crippen LogP) is 4.54. The molecule has 1 aliphatic rings. The van der Waals surface area contributed by atoms with Crippen molar-refractivity contribution in [2.75, 3.05) is 0 Å². The van der Waals surface area contributed by atoms with Gasteiger partial charge in [0.1, 0.15) is 5.76 Å². The number of thioether (sulfide) groups is 1. The molecule has 0 saturated carbocycles. The fourth-order valence-corrected chi connectivity index (χ4v) is 4.07. The number of hydrogen-bond acceptors (Lipinski definition) is 5. The number of carbonyl (C=O) groups excluding carboxylic acids is 2. The van der Waals surface area contributed by atoms with E-state index in [1.807, 2.05) is 12.1 Å². The Morgan fingerprint density at radius 3 is 2.54 bits per heavy atom. The van der Waals surface area contributed by atoms with Gasteiger partial charge >= 0.3 is 0 Å². The molecule has 140 valence electrons. The number of imide groups is 1. The molecule has 0 saturated heterocycles. The molecule has 28 heavy (non-hydrogen) atoms. The second-order valence-corrected chi connectivity index (χ2v) is 7.56. The third-order valence-corrected chi connectivity index (χ3v) is 5.61. The van der Waals surface area contributed by atoms with Gasteiger partial charge in [0, 0.05) is 17.4 Å². The van der Waals surface area contributed by atoms with E-state index in [1.165, 1.54) is 16.7 Å². The molecule has 3 aromatic rings. The zero-order valence-corrected chi connectivity index (χ0v) is 16.2. The Morgan fingerprint density at radius 2 is 1.86 bits per heavy atom. The Kier molecular flexibility index (Phi) is 5.32. The first-order chi connectivity index (χ1) is 13.6. The number of benzene rings is 1. The third-order valence-electron chi connectivity index (χ3n) is 4.26. The maximum Gasteiger partial charge on any atom is 0.268 e. The van der Waals surface area contributed by atoms with Crippen LogP contribution in [0.4, 0.5) is 0 Å². The lowest BCUT2D eigenvalue weighted by atomic mass is 10.1. The van der Waals surface area contributed by atoms with Gasteiger partial charge < -0.3 is 4.42 Å². The number of pyridine rings is 1. The lowest BCUT2D eigenvalue weighted by Gasteiger charge is -2.14. The highest BCUT2D eigenvalue weighted by Gasteiger charge is 2.39. The van der Waals surface area contributed by atoms with Crippen LogP contribution in [0.1, 0.15) is 16.9 Å². The second kappa shape index (κ2) is 8.04. The number of carbonyl (C=O) groups is 2. The summed E-state index contributed by atoms with van der Waals surface area (Å²) >= 11 is 7.28. The van der Waals surface area contributed by atoms with E-state index in [1.54, 1.807) is 55.1 Å². The molecule has 0 N–H and O–H groups in total. The van der Waals surface area contributed by atoms with Crippen LogP contribution in [0.15, 0.2) is 76.5 Å². The van der Waals surface area contributed by atoms with E-state index in [-0.39, 0.29) is 18.4 Å². The zero-order chi connectivity index (χ0) is 19.5. The average molecular weight is 411 g/mol. The van der Waals surface area contributed by atoms with Crippen LogP contribution in [0, 0.1) is 0 Å². The Balaban J connectivity index is 1.67. The summed E-state index contributed by atoms with van der Waals surface area (Å²) in [6.07, 6.45) is 4.89. The van der Waals surface area contributed by atoms with Gasteiger partial charge in [0.2, 0.25) is 0 Å². The molecule has 1 aromatic carbocycles. The van der Waals surface area contributed by atoms with Crippen molar-refractivity contribution >= 4 is 40.8 Å². The molecule has 0 bridgehead atoms. The summed E-state index contributed by atoms with van der Waals surface area (Å²) in [5.41, 5.74) is 1.84. The number of rotatable bonds is 6. The molecule has 0 atom stereocenters. The number of hydrogen-bond donors (Lipinski definition) is 0. The molecule has 7 heteroatoms. The third kappa shape index (κ3) is 3.74. The van der Waals surface area contributed by atoms with Crippen molar-refractivity contribution < 1.29 is 14.0 Å². The van der Waals surface area contributed by atoms with Crippen LogP contribution in [0.3, 0.4) is 0 Å². The Morgan fingerprint density at radius 1 is 1.04 bits per heavy atom. The monoisotopic (exact) mass is 410 g/mol. The molecule has 2 aromatic heterocycles. The summed E-state index contributed by atoms with van der Waals surface area (Å²) in [5, 5.41) is 0.568. The molecular weight excluding hydrogens is 396 g/mol. The quantitative estimate of drug-likeness (QED) is 0.558. The summed E-state index contributed by atoms with van der Waals surface area (Å²) in [6, 6.07) is 14.2. The average Bonchev–Trinajstić information content (AvgIpc) is 3.30. The minimum absolute atomic E-state index is 0.174. The number of furan rings is 1. The van der Waals surface area contributed by atoms with E-state index in [2.05, 4.69) is 4.98 Å². The summed E-state index contributed by atoms with van der Waals surface area (Å²) in [4.78, 5) is 31.9. The number of amides is 2. The first kappa shape index (κ1) is 18.5. The minimum Gasteiger partial charge on any atom is -0.468 e. The maximum absolute atomic E-state index is 13.1. The van der Waals surface area contributed by atoms with Gasteiger partial charge in [-0.2, -0.15) is 0 Å². The highest BCUT2D eigenvalue weighted by Crippen LogP contribution is 2.38. The number of aromatic nitrogens is 1. The molecule has 0 unspecified atom stereocenters. The lowest BCUT2D eigenvalue weighted by molar-refractivity contribution is -0.137. The summed E-state index contributed by atoms with van der Waals surface area (Å²) in [6.45, 7) is 0.174. The van der Waals surface area contributed by atoms with Crippen molar-refractivity contribution in [2.45, 2.75) is 12.3 Å². The highest BCUT2D eigenvalue weighted by molar-refractivity contribution is 8.03. The van der Waals surface area contributed by atoms with E-state index in [0.717, 1.165) is 11.3 Å². The van der Waals surface area contributed by atoms with Crippen LogP contribution in [0.2, 0.25) is 5.02 Å². The van der Waals surface area contributed by atoms with E-state index < -0.39 is 0 Å². The van der Waals surface area contributed by atoms with Crippen LogP contribution in [-0.2, 0) is 21.9 Å². The minimum atomic E-state index is -0.321. The number of halogens is 1. The maximum atomic E-state index is 13.1. The standard InChI is InChI=1S/C21H15ClN2O3S/c22-16-7-5-15(6-8-16)18-19(28-13-17-4-2-10-27-17)21(26)24(20(18)25)12-14-3-1-9-23-11-14/h1-11H,12-13H2. The molecular formula is C21H15ClN2O3S. The first-order valence-corrected chi connectivity index (χ1v) is 9.90. The van der Waals surface area contributed by atoms with E-state index >= 15 is 0 Å². The van der Waals surface area contributed by atoms with E-state index in [4.69, 9.17) is 16.0 Å². The van der Waals surface area contributed by atoms with Gasteiger partial charge in [0.15, 0.2) is 0 Å². The fourth-order valence-electron chi connectivity index (χ4n) is 2.91. The van der Waals surface area contributed by atoms with Crippen LogP contribution in [0.25, 0.3) is 5.57 Å². The number of nitrogens with zero attached hydrogens (tertiary/aromatic N) is 2. The SMILES string of the molecule is O=C1C(SCc2ccco2)=C(c2ccc(Cl)cc2)C(=O)N1Cc1cccnc1. The summed E-state index contributed by atoms with van der Waals surface area (Å²) in [5.74, 6) is 0.562. The van der Waals surface area contributed by atoms with Gasteiger partial charge in [-0.3, -0.25) is 19.5 Å². The van der Waals surface area contributed by atoms with Crippen molar-refractivity contribution in [3.63, 3.8) is 0 Å². The molecule has 5 nitrogen and oxygen atoms in total. The van der Waals surface area contributed by atoms with Gasteiger partial charge in [-0.15, -0.1) is 11.8 Å². The summed E-state index contributed by atoms with van der Waals surface area (Å²) < 4.78 is 5.36. The Bertz CT molecular complexity index is 1030. The van der Waals surface area contributed by atoms with Crippen LogP contribution in [-0.4, -0.2) is 21.7 Å². The molecule has 2 amide bonds. The first-order valence-electron chi connectivity index (χ1n) is 8.54. The van der Waals surface area contributed by atoms with Crippen LogP contribution >= 0.6 is 23.4 Å². The lowest BCUT2D eigenvalue weighted by Crippen LogP contribution is -2.31. The molecule has 0 aliphatic carbocycles. The van der Waals surface area contributed by atoms with Crippen molar-refractivity contribution in [3.8, 4) is 0 Å². The van der Waals surface area contributed by atoms with E-state index in [9.17, 15) is 9.59 Å². The zero-order valence-electron chi connectivity index (χ0n) is 14.7. The second-order valence-electron chi connectivity index (χ2n) is 6.14. The largest absolute Gasteiger partial charge is 0.468 e. The molecule has 4 rings (SSSR count). The van der Waals surface area contributed by atoms with Crippen molar-refractivity contribution in [3.05, 3.63) is 94.0 Å². The molecule has 0 radical (unpaired) electrons. The Labute approximate surface area is 171 Å². The molecule has 0 spiro atoms. The predicted molar refractivity (Wildman–Crippen MR) is 108 cm³/mol. The normalized spacial score (nSPS) is 14.2. The topological polar surface area (TPSA) is 63.4 Å². The highest BCUT2D eigenvalue weighted by atomic mass is 35.5. The Hall–Kier alpha value is -2.83. The van der Waals surface area contributed by atoms with Crippen LogP contribution in [0.5, 0.6) is 0 Å². The van der Waals surface area contributed by atoms with Gasteiger partial charge in [0.05, 0.1) is 29.0 Å². The van der Waals surface area contributed by atoms with E-state index in [0.29, 0.717) is 26.8 Å². The van der Waals surface area contributed by atoms with Gasteiger partial charge in [-0.25, -0.2) is 0 Å². The van der Waals surface area contributed by atoms with Gasteiger partial charge in [0.25, 0.3) is 11.8 Å².